The van der Waals surface area contributed by atoms with E-state index in [2.05, 4.69) is 0 Å². The van der Waals surface area contributed by atoms with Crippen molar-refractivity contribution in [2.75, 3.05) is 0 Å². The van der Waals surface area contributed by atoms with Crippen molar-refractivity contribution in [1.82, 2.24) is 0 Å². The van der Waals surface area contributed by atoms with Crippen molar-refractivity contribution in [3.63, 3.8) is 0 Å². The van der Waals surface area contributed by atoms with Gasteiger partial charge in [0.25, 0.3) is 0 Å². The second-order valence-electron chi connectivity index (χ2n) is 0. The van der Waals surface area contributed by atoms with Crippen molar-refractivity contribution < 1.29 is 34.1 Å². The SMILES string of the molecule is [B].[Cu].[Mn].[Si]. The molecule has 0 heterocycles. The Kier molecular flexibility index (Phi) is 389. The van der Waals surface area contributed by atoms with E-state index in [1.165, 1.54) is 0 Å². The summed E-state index contributed by atoms with van der Waals surface area (Å²) in [6, 6.07) is 0. The van der Waals surface area contributed by atoms with Crippen LogP contribution in [-0.2, 0) is 34.1 Å². The second-order valence-corrected chi connectivity index (χ2v) is 0. The van der Waals surface area contributed by atoms with Gasteiger partial charge in [0.1, 0.15) is 0 Å². The van der Waals surface area contributed by atoms with Gasteiger partial charge in [-0.3, -0.25) is 0 Å². The molecule has 9 radical (unpaired) electrons. The number of hydrogen-bond donors (Lipinski definition) is 0. The largest absolute Gasteiger partial charge is 0 e. The molecule has 25 valence electrons. The summed E-state index contributed by atoms with van der Waals surface area (Å²) in [7, 11) is 0. The molecule has 0 unspecified atom stereocenters. The molecule has 0 saturated heterocycles. The molecule has 0 rings (SSSR count). The summed E-state index contributed by atoms with van der Waals surface area (Å²) < 4.78 is 0. The van der Waals surface area contributed by atoms with E-state index >= 15 is 0 Å². The van der Waals surface area contributed by atoms with Gasteiger partial charge in [-0.2, -0.15) is 0 Å². The fourth-order valence-corrected chi connectivity index (χ4v) is 0. The summed E-state index contributed by atoms with van der Waals surface area (Å²) >= 11 is 0. The Morgan fingerprint density at radius 1 is 1.00 bits per heavy atom. The van der Waals surface area contributed by atoms with E-state index < -0.39 is 0 Å². The molecule has 0 N–H and O–H groups in total. The second kappa shape index (κ2) is 27.3. The van der Waals surface area contributed by atoms with E-state index in [1.54, 1.807) is 0 Å². The van der Waals surface area contributed by atoms with Crippen molar-refractivity contribution in [2.24, 2.45) is 0 Å². The van der Waals surface area contributed by atoms with Gasteiger partial charge in [-0.1, -0.05) is 0 Å². The fourth-order valence-electron chi connectivity index (χ4n) is 0. The van der Waals surface area contributed by atoms with Crippen LogP contribution in [0.1, 0.15) is 0 Å². The smallest absolute Gasteiger partial charge is 0 e. The van der Waals surface area contributed by atoms with Crippen molar-refractivity contribution in [3.8, 4) is 0 Å². The minimum atomic E-state index is 0. The van der Waals surface area contributed by atoms with Gasteiger partial charge in [0.05, 0.1) is 0 Å². The van der Waals surface area contributed by atoms with Crippen LogP contribution < -0.4 is 0 Å². The molecular formula is BCuMnSi. The van der Waals surface area contributed by atoms with Crippen LogP contribution in [0.5, 0.6) is 0 Å². The van der Waals surface area contributed by atoms with E-state index in [-0.39, 0.29) is 53.5 Å². The third kappa shape index (κ3) is 10.3. The summed E-state index contributed by atoms with van der Waals surface area (Å²) in [5.41, 5.74) is 0. The van der Waals surface area contributed by atoms with E-state index in [4.69, 9.17) is 0 Å². The molecule has 0 fully saturated rings. The molecule has 0 aromatic rings. The zero-order valence-electron chi connectivity index (χ0n) is 1.76. The zero-order valence-corrected chi connectivity index (χ0v) is 4.88. The number of rotatable bonds is 0. The molecule has 0 aliphatic rings. The maximum atomic E-state index is 0. The molecule has 0 saturated carbocycles. The summed E-state index contributed by atoms with van der Waals surface area (Å²) in [5, 5.41) is 0. The van der Waals surface area contributed by atoms with Crippen molar-refractivity contribution in [1.29, 1.82) is 0 Å². The maximum Gasteiger partial charge on any atom is 0 e. The van der Waals surface area contributed by atoms with Gasteiger partial charge in [0.15, 0.2) is 0 Å². The Morgan fingerprint density at radius 2 is 1.00 bits per heavy atom. The van der Waals surface area contributed by atoms with E-state index in [9.17, 15) is 0 Å². The Morgan fingerprint density at radius 3 is 1.00 bits per heavy atom. The Balaban J connectivity index is 0. The standard InChI is InChI=1S/B.Cu.Mn.Si. The molecule has 0 atom stereocenters. The molecule has 0 spiro atoms. The summed E-state index contributed by atoms with van der Waals surface area (Å²) in [5.74, 6) is 0. The predicted molar refractivity (Wildman–Crippen MR) is 11.5 cm³/mol. The van der Waals surface area contributed by atoms with Crippen LogP contribution in [0.3, 0.4) is 0 Å². The van der Waals surface area contributed by atoms with E-state index in [0.717, 1.165) is 0 Å². The van der Waals surface area contributed by atoms with Crippen molar-refractivity contribution in [2.45, 2.75) is 0 Å². The fraction of sp³-hybridized carbons (Fsp3) is 0. The first-order valence-corrected chi connectivity index (χ1v) is 0. The molecule has 0 aliphatic carbocycles. The van der Waals surface area contributed by atoms with Gasteiger partial charge in [0.2, 0.25) is 0 Å². The van der Waals surface area contributed by atoms with Crippen LogP contribution in [0.4, 0.5) is 0 Å². The topological polar surface area (TPSA) is 0 Å². The van der Waals surface area contributed by atoms with Gasteiger partial charge in [0, 0.05) is 53.5 Å². The Bertz CT molecular complexity index is 8.00. The molecule has 0 amide bonds. The molecule has 0 aromatic heterocycles. The average molecular weight is 157 g/mol. The number of hydrogen-bond acceptors (Lipinski definition) is 0. The molecule has 0 aliphatic heterocycles. The first kappa shape index (κ1) is 56.9. The van der Waals surface area contributed by atoms with Gasteiger partial charge in [-0.15, -0.1) is 0 Å². The monoisotopic (exact) mass is 157 g/mol. The molecule has 0 aromatic carbocycles. The molecule has 0 bridgehead atoms. The quantitative estimate of drug-likeness (QED) is 0.405. The third-order valence-electron chi connectivity index (χ3n) is 0. The van der Waals surface area contributed by atoms with Crippen molar-refractivity contribution in [3.05, 3.63) is 0 Å². The zero-order chi connectivity index (χ0) is 0. The van der Waals surface area contributed by atoms with Gasteiger partial charge in [-0.25, -0.2) is 0 Å². The third-order valence-corrected chi connectivity index (χ3v) is 0. The van der Waals surface area contributed by atoms with E-state index in [0.29, 0.717) is 0 Å². The normalized spacial score (nSPS) is 0. The van der Waals surface area contributed by atoms with E-state index in [1.807, 2.05) is 0 Å². The van der Waals surface area contributed by atoms with Crippen LogP contribution in [0.2, 0.25) is 0 Å². The Hall–Kier alpha value is 1.32. The van der Waals surface area contributed by atoms with Crippen LogP contribution >= 0.6 is 0 Å². The molecular weight excluding hydrogens is 157 g/mol. The summed E-state index contributed by atoms with van der Waals surface area (Å²) in [6.07, 6.45) is 0. The van der Waals surface area contributed by atoms with Crippen LogP contribution in [0.15, 0.2) is 0 Å². The summed E-state index contributed by atoms with van der Waals surface area (Å²) in [6.45, 7) is 0. The van der Waals surface area contributed by atoms with Gasteiger partial charge < -0.3 is 0 Å². The molecule has 4 heavy (non-hydrogen) atoms. The molecule has 0 nitrogen and oxygen atoms in total. The average Bonchev–Trinajstić information content (AvgIpc) is 0. The van der Waals surface area contributed by atoms with Crippen molar-refractivity contribution >= 4 is 19.4 Å². The minimum absolute atomic E-state index is 0. The minimum Gasteiger partial charge on any atom is 0 e. The van der Waals surface area contributed by atoms with Crippen LogP contribution in [0.25, 0.3) is 0 Å². The summed E-state index contributed by atoms with van der Waals surface area (Å²) in [4.78, 5) is 0. The maximum absolute atomic E-state index is 0. The van der Waals surface area contributed by atoms with Gasteiger partial charge in [-0.05, 0) is 0 Å². The Labute approximate surface area is 53.7 Å². The molecule has 4 heteroatoms. The first-order chi connectivity index (χ1) is 0. The predicted octanol–water partition coefficient (Wildman–Crippen LogP) is -0.767. The first-order valence-electron chi connectivity index (χ1n) is 0. The van der Waals surface area contributed by atoms with Gasteiger partial charge >= 0.3 is 0 Å². The van der Waals surface area contributed by atoms with Crippen LogP contribution in [0, 0.1) is 0 Å². The van der Waals surface area contributed by atoms with Crippen LogP contribution in [-0.4, -0.2) is 19.4 Å².